The zero-order valence-electron chi connectivity index (χ0n) is 18.0. The molecule has 0 aliphatic carbocycles. The third-order valence-corrected chi connectivity index (χ3v) is 5.46. The van der Waals surface area contributed by atoms with Gasteiger partial charge in [-0.1, -0.05) is 65.2 Å². The molecule has 0 N–H and O–H groups in total. The second-order valence-corrected chi connectivity index (χ2v) is 9.64. The van der Waals surface area contributed by atoms with Gasteiger partial charge in [-0.15, -0.1) is 0 Å². The van der Waals surface area contributed by atoms with E-state index in [1.54, 1.807) is 0 Å². The highest BCUT2D eigenvalue weighted by molar-refractivity contribution is 5.84. The molecule has 0 unspecified atom stereocenters. The summed E-state index contributed by atoms with van der Waals surface area (Å²) in [5, 5.41) is 26.9. The molecule has 2 nitrogen and oxygen atoms in total. The maximum atomic E-state index is 13.4. The van der Waals surface area contributed by atoms with E-state index in [1.807, 2.05) is 81.4 Å². The first kappa shape index (κ1) is 20.4. The second-order valence-electron chi connectivity index (χ2n) is 9.64. The molecule has 0 aliphatic heterocycles. The Labute approximate surface area is 158 Å². The van der Waals surface area contributed by atoms with Gasteiger partial charge in [-0.2, -0.15) is 0 Å². The normalized spacial score (nSPS) is 12.5. The molecule has 0 atom stereocenters. The lowest BCUT2D eigenvalue weighted by molar-refractivity contribution is -0.272. The monoisotopic (exact) mass is 352 g/mol. The van der Waals surface area contributed by atoms with Gasteiger partial charge in [0.05, 0.1) is 0 Å². The highest BCUT2D eigenvalue weighted by Crippen LogP contribution is 2.47. The Morgan fingerprint density at radius 3 is 1.08 bits per heavy atom. The third-order valence-electron chi connectivity index (χ3n) is 5.46. The molecular weight excluding hydrogens is 320 g/mol. The summed E-state index contributed by atoms with van der Waals surface area (Å²) in [5.41, 5.74) is 6.13. The van der Waals surface area contributed by atoms with Gasteiger partial charge in [0.1, 0.15) is 0 Å². The van der Waals surface area contributed by atoms with E-state index in [4.69, 9.17) is 0 Å². The van der Waals surface area contributed by atoms with Gasteiger partial charge in [0.2, 0.25) is 0 Å². The quantitative estimate of drug-likeness (QED) is 0.696. The van der Waals surface area contributed by atoms with Crippen LogP contribution in [0.15, 0.2) is 12.1 Å². The van der Waals surface area contributed by atoms with Crippen LogP contribution >= 0.6 is 0 Å². The molecule has 0 saturated heterocycles. The van der Waals surface area contributed by atoms with Crippen LogP contribution in [0.3, 0.4) is 0 Å². The molecule has 2 aromatic carbocycles. The van der Waals surface area contributed by atoms with E-state index < -0.39 is 0 Å². The molecule has 0 aromatic heterocycles. The van der Waals surface area contributed by atoms with Crippen LogP contribution < -0.4 is 10.2 Å². The molecule has 0 aliphatic rings. The molecule has 0 fully saturated rings. The minimum Gasteiger partial charge on any atom is -0.872 e. The first-order chi connectivity index (χ1) is 11.7. The Morgan fingerprint density at radius 1 is 0.577 bits per heavy atom. The summed E-state index contributed by atoms with van der Waals surface area (Å²) < 4.78 is 0. The molecule has 26 heavy (non-hydrogen) atoms. The summed E-state index contributed by atoms with van der Waals surface area (Å²) in [5.74, 6) is -0.0162. The molecule has 2 heteroatoms. The average molecular weight is 353 g/mol. The van der Waals surface area contributed by atoms with E-state index in [2.05, 4.69) is 0 Å². The smallest absolute Gasteiger partial charge is 0.0138 e. The fraction of sp³-hybridized carbons (Fsp3) is 0.500. The minimum absolute atomic E-state index is 0.00809. The van der Waals surface area contributed by atoms with Gasteiger partial charge < -0.3 is 10.2 Å². The maximum absolute atomic E-state index is 13.4. The largest absolute Gasteiger partial charge is 0.872 e. The first-order valence-corrected chi connectivity index (χ1v) is 9.31. The van der Waals surface area contributed by atoms with Crippen LogP contribution in [-0.4, -0.2) is 0 Å². The van der Waals surface area contributed by atoms with Crippen LogP contribution in [0.2, 0.25) is 0 Å². The molecule has 0 bridgehead atoms. The SMILES string of the molecule is Cc1cc(C(C)(C)C)c([O-])c(-c2c(C)c(C)cc(C(C)(C)C)c2[O-])c1C. The predicted octanol–water partition coefficient (Wildman–Crippen LogP) is 5.33. The predicted molar refractivity (Wildman–Crippen MR) is 107 cm³/mol. The van der Waals surface area contributed by atoms with Crippen LogP contribution in [0.5, 0.6) is 11.5 Å². The fourth-order valence-electron chi connectivity index (χ4n) is 3.50. The lowest BCUT2D eigenvalue weighted by Crippen LogP contribution is -2.19. The van der Waals surface area contributed by atoms with Crippen molar-refractivity contribution < 1.29 is 10.2 Å². The van der Waals surface area contributed by atoms with E-state index in [1.165, 1.54) is 0 Å². The van der Waals surface area contributed by atoms with Gasteiger partial charge in [0, 0.05) is 0 Å². The molecule has 2 rings (SSSR count). The van der Waals surface area contributed by atoms with Crippen LogP contribution in [0.1, 0.15) is 74.9 Å². The van der Waals surface area contributed by atoms with Gasteiger partial charge in [-0.25, -0.2) is 0 Å². The Kier molecular flexibility index (Phi) is 4.96. The minimum atomic E-state index is -0.266. The van der Waals surface area contributed by atoms with Gasteiger partial charge in [-0.05, 0) is 83.0 Å². The van der Waals surface area contributed by atoms with Crippen LogP contribution in [0.4, 0.5) is 0 Å². The molecular formula is C24H32O2-2. The lowest BCUT2D eigenvalue weighted by Gasteiger charge is -2.35. The number of rotatable bonds is 1. The van der Waals surface area contributed by atoms with Gasteiger partial charge in [0.25, 0.3) is 0 Å². The second kappa shape index (κ2) is 6.33. The van der Waals surface area contributed by atoms with Crippen molar-refractivity contribution >= 4 is 0 Å². The Hall–Kier alpha value is -1.96. The van der Waals surface area contributed by atoms with E-state index in [-0.39, 0.29) is 22.3 Å². The number of hydrogen-bond donors (Lipinski definition) is 0. The molecule has 2 aromatic rings. The van der Waals surface area contributed by atoms with Gasteiger partial charge in [0.15, 0.2) is 0 Å². The standard InChI is InChI=1S/C24H34O2/c1-13-11-17(23(5,6)7)21(25)19(15(13)3)20-16(4)14(2)12-18(22(20)26)24(8,9)10/h11-12,25-26H,1-10H3/p-2. The Morgan fingerprint density at radius 2 is 0.846 bits per heavy atom. The first-order valence-electron chi connectivity index (χ1n) is 9.31. The van der Waals surface area contributed by atoms with Crippen LogP contribution in [0, 0.1) is 27.7 Å². The Bertz CT molecular complexity index is 786. The highest BCUT2D eigenvalue weighted by atomic mass is 16.3. The zero-order chi connectivity index (χ0) is 20.2. The van der Waals surface area contributed by atoms with Crippen molar-refractivity contribution in [1.29, 1.82) is 0 Å². The third kappa shape index (κ3) is 3.34. The molecule has 0 saturated carbocycles. The summed E-state index contributed by atoms with van der Waals surface area (Å²) in [7, 11) is 0. The van der Waals surface area contributed by atoms with Crippen molar-refractivity contribution in [2.45, 2.75) is 80.1 Å². The van der Waals surface area contributed by atoms with Crippen molar-refractivity contribution in [2.24, 2.45) is 0 Å². The molecule has 0 spiro atoms. The van der Waals surface area contributed by atoms with E-state index in [0.717, 1.165) is 33.4 Å². The molecule has 0 amide bonds. The van der Waals surface area contributed by atoms with Crippen LogP contribution in [0.25, 0.3) is 11.1 Å². The van der Waals surface area contributed by atoms with Crippen LogP contribution in [-0.2, 0) is 10.8 Å². The van der Waals surface area contributed by atoms with Crippen molar-refractivity contribution in [3.8, 4) is 22.6 Å². The maximum Gasteiger partial charge on any atom is -0.0138 e. The Balaban J connectivity index is 3.03. The average Bonchev–Trinajstić information content (AvgIpc) is 2.47. The van der Waals surface area contributed by atoms with Gasteiger partial charge >= 0.3 is 0 Å². The van der Waals surface area contributed by atoms with Gasteiger partial charge in [-0.3, -0.25) is 0 Å². The van der Waals surface area contributed by atoms with E-state index in [9.17, 15) is 10.2 Å². The summed E-state index contributed by atoms with van der Waals surface area (Å²) in [4.78, 5) is 0. The van der Waals surface area contributed by atoms with Crippen molar-refractivity contribution in [3.63, 3.8) is 0 Å². The summed E-state index contributed by atoms with van der Waals surface area (Å²) >= 11 is 0. The zero-order valence-corrected chi connectivity index (χ0v) is 18.0. The fourth-order valence-corrected chi connectivity index (χ4v) is 3.50. The van der Waals surface area contributed by atoms with E-state index >= 15 is 0 Å². The van der Waals surface area contributed by atoms with E-state index in [0.29, 0.717) is 11.1 Å². The highest BCUT2D eigenvalue weighted by Gasteiger charge is 2.23. The van der Waals surface area contributed by atoms with Crippen molar-refractivity contribution in [3.05, 3.63) is 45.5 Å². The molecule has 142 valence electrons. The number of aryl methyl sites for hydroxylation is 2. The summed E-state index contributed by atoms with van der Waals surface area (Å²) in [6.07, 6.45) is 0. The van der Waals surface area contributed by atoms with Crippen molar-refractivity contribution in [1.82, 2.24) is 0 Å². The van der Waals surface area contributed by atoms with Crippen molar-refractivity contribution in [2.75, 3.05) is 0 Å². The summed E-state index contributed by atoms with van der Waals surface area (Å²) in [6.45, 7) is 20.2. The summed E-state index contributed by atoms with van der Waals surface area (Å²) in [6, 6.07) is 3.98. The molecule has 0 heterocycles. The molecule has 0 radical (unpaired) electrons. The topological polar surface area (TPSA) is 46.1 Å². The number of benzene rings is 2. The number of hydrogen-bond acceptors (Lipinski definition) is 2. The lowest BCUT2D eigenvalue weighted by atomic mass is 9.78.